The van der Waals surface area contributed by atoms with Crippen LogP contribution in [0.1, 0.15) is 0 Å². The van der Waals surface area contributed by atoms with Crippen molar-refractivity contribution in [1.82, 2.24) is 0 Å². The Balaban J connectivity index is 2.50. The van der Waals surface area contributed by atoms with Crippen LogP contribution in [0.15, 0.2) is 47.4 Å². The summed E-state index contributed by atoms with van der Waals surface area (Å²) in [6.07, 6.45) is 0. The van der Waals surface area contributed by atoms with Crippen molar-refractivity contribution < 1.29 is 23.1 Å². The molecule has 0 aliphatic carbocycles. The summed E-state index contributed by atoms with van der Waals surface area (Å²) in [5.41, 5.74) is 0. The van der Waals surface area contributed by atoms with Gasteiger partial charge in [0.05, 0.1) is 14.2 Å². The highest BCUT2D eigenvalue weighted by molar-refractivity contribution is 8.19. The highest BCUT2D eigenvalue weighted by Crippen LogP contribution is 2.48. The Labute approximate surface area is 129 Å². The van der Waals surface area contributed by atoms with Crippen molar-refractivity contribution in [2.45, 2.75) is 4.90 Å². The summed E-state index contributed by atoms with van der Waals surface area (Å²) < 4.78 is 41.2. The number of rotatable bonds is 3. The molecule has 0 unspecified atom stereocenters. The molecule has 0 atom stereocenters. The molecular formula is C16H15O5S-. The van der Waals surface area contributed by atoms with Gasteiger partial charge in [-0.3, -0.25) is 0 Å². The van der Waals surface area contributed by atoms with E-state index in [-0.39, 0.29) is 4.90 Å². The molecule has 0 heterocycles. The molecule has 0 amide bonds. The molecule has 6 heteroatoms. The Bertz CT molecular complexity index is 854. The molecule has 0 aromatic heterocycles. The van der Waals surface area contributed by atoms with E-state index in [4.69, 9.17) is 9.47 Å². The van der Waals surface area contributed by atoms with Gasteiger partial charge in [0.15, 0.2) is 0 Å². The lowest BCUT2D eigenvalue weighted by molar-refractivity contribution is 0.361. The van der Waals surface area contributed by atoms with Gasteiger partial charge in [-0.1, -0.05) is 35.1 Å². The maximum absolute atomic E-state index is 11.5. The predicted octanol–water partition coefficient (Wildman–Crippen LogP) is 4.25. The molecule has 5 nitrogen and oxygen atoms in total. The van der Waals surface area contributed by atoms with Crippen molar-refractivity contribution in [3.8, 4) is 11.5 Å². The van der Waals surface area contributed by atoms with E-state index in [9.17, 15) is 13.7 Å². The van der Waals surface area contributed by atoms with Crippen molar-refractivity contribution in [2.75, 3.05) is 14.2 Å². The first-order valence-electron chi connectivity index (χ1n) is 6.53. The largest absolute Gasteiger partial charge is 0.769 e. The fourth-order valence-electron chi connectivity index (χ4n) is 2.68. The summed E-state index contributed by atoms with van der Waals surface area (Å²) in [5, 5.41) is 3.06. The van der Waals surface area contributed by atoms with Crippen LogP contribution in [0.2, 0.25) is 0 Å². The molecule has 0 aliphatic rings. The third kappa shape index (κ3) is 2.26. The second-order valence-electron chi connectivity index (χ2n) is 4.82. The Kier molecular flexibility index (Phi) is 3.62. The number of methoxy groups -OCH3 is 2. The molecule has 0 saturated heterocycles. The number of fused-ring (bicyclic) bond motifs is 2. The van der Waals surface area contributed by atoms with Gasteiger partial charge in [-0.2, -0.15) is 0 Å². The Morgan fingerprint density at radius 1 is 0.818 bits per heavy atom. The Morgan fingerprint density at radius 3 is 1.82 bits per heavy atom. The molecule has 0 fully saturated rings. The van der Waals surface area contributed by atoms with Crippen LogP contribution in [0.4, 0.5) is 0 Å². The molecule has 116 valence electrons. The molecule has 0 aliphatic heterocycles. The van der Waals surface area contributed by atoms with Crippen LogP contribution in [-0.2, 0) is 0 Å². The second-order valence-corrected chi connectivity index (χ2v) is 6.28. The number of hydrogen-bond acceptors (Lipinski definition) is 5. The minimum absolute atomic E-state index is 0.0735. The van der Waals surface area contributed by atoms with Gasteiger partial charge in [0.2, 0.25) is 0 Å². The van der Waals surface area contributed by atoms with Gasteiger partial charge in [-0.05, 0) is 18.2 Å². The average molecular weight is 319 g/mol. The number of ether oxygens (including phenoxy) is 2. The van der Waals surface area contributed by atoms with Crippen LogP contribution in [0.25, 0.3) is 21.5 Å². The molecule has 3 rings (SSSR count). The topological polar surface area (TPSA) is 82.0 Å². The smallest absolute Gasteiger partial charge is 0.134 e. The number of hydrogen-bond donors (Lipinski definition) is 2. The van der Waals surface area contributed by atoms with Gasteiger partial charge in [-0.25, -0.2) is 0 Å². The molecule has 3 aromatic rings. The van der Waals surface area contributed by atoms with Crippen LogP contribution < -0.4 is 9.47 Å². The van der Waals surface area contributed by atoms with Gasteiger partial charge in [0.25, 0.3) is 0 Å². The van der Waals surface area contributed by atoms with E-state index < -0.39 is 10.9 Å². The molecule has 0 saturated carbocycles. The molecule has 22 heavy (non-hydrogen) atoms. The SMILES string of the molecule is COc1c2ccccc2c(OC)c2cc(S([O-])(O)O)ccc12. The monoisotopic (exact) mass is 319 g/mol. The fourth-order valence-corrected chi connectivity index (χ4v) is 3.20. The lowest BCUT2D eigenvalue weighted by Gasteiger charge is -2.33. The normalized spacial score (nSPS) is 12.6. The van der Waals surface area contributed by atoms with Crippen LogP contribution in [0.3, 0.4) is 0 Å². The Morgan fingerprint density at radius 2 is 1.32 bits per heavy atom. The van der Waals surface area contributed by atoms with Gasteiger partial charge >= 0.3 is 0 Å². The first-order valence-corrected chi connectivity index (χ1v) is 8.00. The highest BCUT2D eigenvalue weighted by Gasteiger charge is 2.17. The van der Waals surface area contributed by atoms with Crippen molar-refractivity contribution >= 4 is 32.4 Å². The van der Waals surface area contributed by atoms with E-state index in [2.05, 4.69) is 0 Å². The lowest BCUT2D eigenvalue weighted by atomic mass is 10.0. The molecular weight excluding hydrogens is 304 g/mol. The number of benzene rings is 3. The summed E-state index contributed by atoms with van der Waals surface area (Å²) in [4.78, 5) is -0.0735. The second kappa shape index (κ2) is 5.33. The summed E-state index contributed by atoms with van der Waals surface area (Å²) in [7, 11) is -0.929. The zero-order valence-corrected chi connectivity index (χ0v) is 12.9. The third-order valence-corrected chi connectivity index (χ3v) is 4.48. The van der Waals surface area contributed by atoms with Crippen molar-refractivity contribution in [3.05, 3.63) is 42.5 Å². The quantitative estimate of drug-likeness (QED) is 0.705. The van der Waals surface area contributed by atoms with Gasteiger partial charge < -0.3 is 23.1 Å². The lowest BCUT2D eigenvalue weighted by Crippen LogP contribution is -1.98. The maximum atomic E-state index is 11.5. The molecule has 2 N–H and O–H groups in total. The van der Waals surface area contributed by atoms with Crippen molar-refractivity contribution in [1.29, 1.82) is 0 Å². The standard InChI is InChI=1S/C16H16O5S/c1-20-15-11-5-3-4-6-12(11)16(21-2)14-9-10(22(17,18)19)7-8-13(14)15/h3-9,17-19H,1-2H3/p-1. The zero-order chi connectivity index (χ0) is 15.9. The van der Waals surface area contributed by atoms with E-state index in [0.717, 1.165) is 16.2 Å². The molecule has 0 radical (unpaired) electrons. The summed E-state index contributed by atoms with van der Waals surface area (Å²) >= 11 is 0. The molecule has 0 spiro atoms. The van der Waals surface area contributed by atoms with E-state index in [0.29, 0.717) is 16.9 Å². The van der Waals surface area contributed by atoms with Crippen LogP contribution in [0, 0.1) is 0 Å². The van der Waals surface area contributed by atoms with Crippen molar-refractivity contribution in [3.63, 3.8) is 0 Å². The average Bonchev–Trinajstić information content (AvgIpc) is 2.51. The third-order valence-electron chi connectivity index (χ3n) is 3.61. The first-order chi connectivity index (χ1) is 10.5. The first kappa shape index (κ1) is 14.9. The summed E-state index contributed by atoms with van der Waals surface area (Å²) in [5.74, 6) is 1.22. The van der Waals surface area contributed by atoms with Crippen molar-refractivity contribution in [2.24, 2.45) is 0 Å². The Hall–Kier alpha value is -1.99. The molecule has 3 aromatic carbocycles. The van der Waals surface area contributed by atoms with Gasteiger partial charge in [-0.15, -0.1) is 0 Å². The van der Waals surface area contributed by atoms with E-state index in [1.54, 1.807) is 13.2 Å². The van der Waals surface area contributed by atoms with Crippen LogP contribution in [0.5, 0.6) is 11.5 Å². The highest BCUT2D eigenvalue weighted by atomic mass is 32.3. The van der Waals surface area contributed by atoms with E-state index in [1.165, 1.54) is 19.2 Å². The van der Waals surface area contributed by atoms with Crippen LogP contribution in [-0.4, -0.2) is 27.9 Å². The zero-order valence-electron chi connectivity index (χ0n) is 12.1. The van der Waals surface area contributed by atoms with Gasteiger partial charge in [0.1, 0.15) is 11.5 Å². The van der Waals surface area contributed by atoms with E-state index >= 15 is 0 Å². The minimum atomic E-state index is -4.04. The fraction of sp³-hybridized carbons (Fsp3) is 0.125. The molecule has 0 bridgehead atoms. The predicted molar refractivity (Wildman–Crippen MR) is 86.5 cm³/mol. The maximum Gasteiger partial charge on any atom is 0.134 e. The minimum Gasteiger partial charge on any atom is -0.769 e. The van der Waals surface area contributed by atoms with Gasteiger partial charge in [0, 0.05) is 26.4 Å². The summed E-state index contributed by atoms with van der Waals surface area (Å²) in [6, 6.07) is 12.1. The van der Waals surface area contributed by atoms with E-state index in [1.807, 2.05) is 24.3 Å². The van der Waals surface area contributed by atoms with Crippen LogP contribution >= 0.6 is 10.9 Å². The summed E-state index contributed by atoms with van der Waals surface area (Å²) in [6.45, 7) is 0.